The van der Waals surface area contributed by atoms with E-state index in [1.807, 2.05) is 0 Å². The van der Waals surface area contributed by atoms with Gasteiger partial charge in [0.05, 0.1) is 44.9 Å². The second-order valence-electron chi connectivity index (χ2n) is 29.9. The number of carboxylic acids is 1. The monoisotopic (exact) mass is 1500 g/mol. The maximum Gasteiger partial charge on any atom is 0.470 e. The van der Waals surface area contributed by atoms with Crippen molar-refractivity contribution in [2.45, 2.75) is 469 Å². The summed E-state index contributed by atoms with van der Waals surface area (Å²) in [6.07, 6.45) is 38.1. The number of nitrogens with one attached hydrogen (secondary N) is 2. The van der Waals surface area contributed by atoms with Crippen molar-refractivity contribution >= 4 is 49.5 Å². The standard InChI is InChI=1S/C82H153N2O19P/c1-7-13-19-25-31-34-40-43-49-55-68(98-75(90)58-52-46-37-28-22-16-10-4)62-72(86)83-67(61-74(88)89)66-97-82-79(84-73(87)63-69(56-50-44-41-35-32-26-20-14-8-2)99-76(91)59-53-47-38-29-23-17-11-5)81(80(71(65-85)101-82)103-104(94,95)96)102-78(93)64-70(57-51-45-42-36-33-27-21-15-9-3)100-77(92)60-54-48-39-30-24-18-12-6/h67-71,79-82,85H,7-66H2,1-6H3,(H,83,86)(H,84,87)(H,88,89)(H2,94,95,96)/t67-,68-,69-,70-,71?,79?,80?,81?,82?/m1/s1. The van der Waals surface area contributed by atoms with E-state index in [1.54, 1.807) is 0 Å². The lowest BCUT2D eigenvalue weighted by molar-refractivity contribution is -0.272. The molecule has 0 aliphatic carbocycles. The van der Waals surface area contributed by atoms with Crippen molar-refractivity contribution in [3.05, 3.63) is 0 Å². The number of carboxylic acid groups (broad SMARTS) is 1. The Balaban J connectivity index is 3.89. The molecule has 6 N–H and O–H groups in total. The van der Waals surface area contributed by atoms with Crippen LogP contribution >= 0.6 is 7.82 Å². The molecule has 0 spiro atoms. The Morgan fingerprint density at radius 2 is 0.702 bits per heavy atom. The van der Waals surface area contributed by atoms with Crippen molar-refractivity contribution in [2.75, 3.05) is 13.2 Å². The quantitative estimate of drug-likeness (QED) is 0.0143. The lowest BCUT2D eigenvalue weighted by Crippen LogP contribution is -2.66. The van der Waals surface area contributed by atoms with E-state index < -0.39 is 137 Å². The average molecular weight is 1500 g/mol. The van der Waals surface area contributed by atoms with E-state index in [4.69, 9.17) is 32.9 Å². The van der Waals surface area contributed by atoms with E-state index >= 15 is 0 Å². The fraction of sp³-hybridized carbons (Fsp3) is 0.915. The molecule has 5 unspecified atom stereocenters. The lowest BCUT2D eigenvalue weighted by atomic mass is 9.95. The first-order chi connectivity index (χ1) is 50.3. The Labute approximate surface area is 630 Å². The highest BCUT2D eigenvalue weighted by Gasteiger charge is 2.52. The SMILES string of the molecule is CCCCCCCCCCC[C@H](CC(=O)NC1C(OC[C@@H](CC(=O)O)NC(=O)C[C@@H](CCCCCCCCCCC)OC(=O)CCCCCCCCC)OC(CO)C(OP(=O)(O)O)C1OC(=O)C[C@@H](CCCCCCCCCCC)OC(=O)CCCCCCCCC)OC(=O)CCCCCCCCC. The van der Waals surface area contributed by atoms with Crippen molar-refractivity contribution in [2.24, 2.45) is 0 Å². The van der Waals surface area contributed by atoms with Crippen LogP contribution in [0.25, 0.3) is 0 Å². The van der Waals surface area contributed by atoms with Gasteiger partial charge in [-0.05, 0) is 57.8 Å². The van der Waals surface area contributed by atoms with Gasteiger partial charge < -0.3 is 59.1 Å². The number of carbonyl (C=O) groups is 7. The summed E-state index contributed by atoms with van der Waals surface area (Å²) in [7, 11) is -5.55. The number of esters is 4. The van der Waals surface area contributed by atoms with E-state index in [-0.39, 0.29) is 25.7 Å². The van der Waals surface area contributed by atoms with Gasteiger partial charge in [0.15, 0.2) is 12.4 Å². The van der Waals surface area contributed by atoms with Crippen LogP contribution in [0.3, 0.4) is 0 Å². The van der Waals surface area contributed by atoms with Crippen molar-refractivity contribution in [1.29, 1.82) is 0 Å². The van der Waals surface area contributed by atoms with Crippen LogP contribution in [0.1, 0.15) is 414 Å². The molecule has 0 saturated carbocycles. The summed E-state index contributed by atoms with van der Waals surface area (Å²) >= 11 is 0. The Bertz CT molecular complexity index is 2190. The number of amides is 2. The van der Waals surface area contributed by atoms with Crippen molar-refractivity contribution < 1.29 is 91.1 Å². The summed E-state index contributed by atoms with van der Waals surface area (Å²) in [5, 5.41) is 26.9. The van der Waals surface area contributed by atoms with Gasteiger partial charge in [-0.15, -0.1) is 0 Å². The molecule has 2 amide bonds. The number of hydrogen-bond donors (Lipinski definition) is 6. The van der Waals surface area contributed by atoms with Crippen LogP contribution in [0.5, 0.6) is 0 Å². The molecule has 104 heavy (non-hydrogen) atoms. The molecular weight excluding hydrogens is 1350 g/mol. The predicted molar refractivity (Wildman–Crippen MR) is 411 cm³/mol. The van der Waals surface area contributed by atoms with Gasteiger partial charge in [-0.25, -0.2) is 4.57 Å². The zero-order valence-electron chi connectivity index (χ0n) is 66.5. The highest BCUT2D eigenvalue weighted by Crippen LogP contribution is 2.42. The van der Waals surface area contributed by atoms with Crippen LogP contribution in [-0.4, -0.2) is 130 Å². The van der Waals surface area contributed by atoms with E-state index in [9.17, 15) is 58.1 Å². The Hall–Kier alpha value is -3.72. The third kappa shape index (κ3) is 56.5. The Morgan fingerprint density at radius 3 is 1.02 bits per heavy atom. The molecule has 0 bridgehead atoms. The zero-order chi connectivity index (χ0) is 76.5. The maximum atomic E-state index is 14.9. The van der Waals surface area contributed by atoms with Crippen molar-refractivity contribution in [1.82, 2.24) is 10.6 Å². The number of phosphoric ester groups is 1. The summed E-state index contributed by atoms with van der Waals surface area (Å²) in [5.74, 6) is -5.10. The van der Waals surface area contributed by atoms with Crippen LogP contribution in [0, 0.1) is 0 Å². The zero-order valence-corrected chi connectivity index (χ0v) is 67.4. The number of aliphatic carboxylic acids is 1. The molecule has 0 radical (unpaired) electrons. The normalized spacial score (nSPS) is 17.2. The van der Waals surface area contributed by atoms with Gasteiger partial charge in [0, 0.05) is 19.3 Å². The highest BCUT2D eigenvalue weighted by molar-refractivity contribution is 7.46. The third-order valence-corrected chi connectivity index (χ3v) is 20.4. The number of hydrogen-bond acceptors (Lipinski definition) is 16. The first-order valence-corrected chi connectivity index (χ1v) is 44.1. The third-order valence-electron chi connectivity index (χ3n) is 19.9. The predicted octanol–water partition coefficient (Wildman–Crippen LogP) is 19.6. The molecule has 9 atom stereocenters. The van der Waals surface area contributed by atoms with E-state index in [0.29, 0.717) is 57.8 Å². The first-order valence-electron chi connectivity index (χ1n) is 42.5. The number of rotatable bonds is 74. The maximum absolute atomic E-state index is 14.9. The summed E-state index contributed by atoms with van der Waals surface area (Å²) in [5.41, 5.74) is 0. The molecule has 0 aromatic carbocycles. The van der Waals surface area contributed by atoms with Crippen LogP contribution in [0.2, 0.25) is 0 Å². The van der Waals surface area contributed by atoms with Crippen molar-refractivity contribution in [3.63, 3.8) is 0 Å². The number of ether oxygens (including phenoxy) is 6. The summed E-state index contributed by atoms with van der Waals surface area (Å²) < 4.78 is 55.3. The van der Waals surface area contributed by atoms with Gasteiger partial charge in [-0.3, -0.25) is 38.1 Å². The Morgan fingerprint density at radius 1 is 0.394 bits per heavy atom. The van der Waals surface area contributed by atoms with Crippen LogP contribution in [-0.2, 0) is 71.1 Å². The smallest absolute Gasteiger partial charge is 0.470 e. The highest BCUT2D eigenvalue weighted by atomic mass is 31.2. The van der Waals surface area contributed by atoms with Crippen molar-refractivity contribution in [3.8, 4) is 0 Å². The van der Waals surface area contributed by atoms with Crippen LogP contribution in [0.15, 0.2) is 0 Å². The molecule has 1 fully saturated rings. The number of carbonyl (C=O) groups excluding carboxylic acids is 6. The molecule has 1 aliphatic rings. The minimum atomic E-state index is -5.55. The average Bonchev–Trinajstić information content (AvgIpc) is 0.780. The van der Waals surface area contributed by atoms with Crippen LogP contribution in [0.4, 0.5) is 0 Å². The molecule has 1 heterocycles. The summed E-state index contributed by atoms with van der Waals surface area (Å²) in [6, 6.07) is -3.04. The molecule has 1 rings (SSSR count). The van der Waals surface area contributed by atoms with E-state index in [0.717, 1.165) is 212 Å². The van der Waals surface area contributed by atoms with E-state index in [2.05, 4.69) is 52.2 Å². The first kappa shape index (κ1) is 98.3. The number of aliphatic hydroxyl groups is 1. The van der Waals surface area contributed by atoms with Gasteiger partial charge in [-0.1, -0.05) is 311 Å². The number of phosphoric acid groups is 1. The molecular formula is C82H153N2O19P. The molecule has 1 aliphatic heterocycles. The largest absolute Gasteiger partial charge is 0.481 e. The van der Waals surface area contributed by atoms with Gasteiger partial charge >= 0.3 is 37.7 Å². The molecule has 610 valence electrons. The van der Waals surface area contributed by atoms with Gasteiger partial charge in [0.2, 0.25) is 11.8 Å². The Kier molecular flexibility index (Phi) is 63.7. The van der Waals surface area contributed by atoms with Crippen LogP contribution < -0.4 is 10.6 Å². The lowest BCUT2D eigenvalue weighted by Gasteiger charge is -2.45. The summed E-state index contributed by atoms with van der Waals surface area (Å²) in [4.78, 5) is 118. The molecule has 0 aromatic rings. The van der Waals surface area contributed by atoms with E-state index in [1.165, 1.54) is 57.8 Å². The fourth-order valence-corrected chi connectivity index (χ4v) is 14.3. The number of aliphatic hydroxyl groups excluding tert-OH is 1. The fourth-order valence-electron chi connectivity index (χ4n) is 13.7. The molecule has 21 nitrogen and oxygen atoms in total. The minimum Gasteiger partial charge on any atom is -0.481 e. The second kappa shape index (κ2) is 67.4. The van der Waals surface area contributed by atoms with Gasteiger partial charge in [-0.2, -0.15) is 0 Å². The molecule has 1 saturated heterocycles. The second-order valence-corrected chi connectivity index (χ2v) is 31.1. The van der Waals surface area contributed by atoms with Gasteiger partial charge in [0.25, 0.3) is 0 Å². The van der Waals surface area contributed by atoms with Gasteiger partial charge in [0.1, 0.15) is 36.6 Å². The molecule has 22 heteroatoms. The number of unbranched alkanes of at least 4 members (excludes halogenated alkanes) is 42. The topological polar surface area (TPSA) is 306 Å². The minimum absolute atomic E-state index is 0.130. The molecule has 0 aromatic heterocycles. The summed E-state index contributed by atoms with van der Waals surface area (Å²) in [6.45, 7) is 11.4.